The molecule has 0 aliphatic carbocycles. The number of carbonyl (C=O) groups is 1. The van der Waals surface area contributed by atoms with Crippen LogP contribution in [0.5, 0.6) is 0 Å². The average Bonchev–Trinajstić information content (AvgIpc) is 2.44. The number of hydrogen-bond acceptors (Lipinski definition) is 3. The van der Waals surface area contributed by atoms with Crippen molar-refractivity contribution < 1.29 is 4.79 Å². The van der Waals surface area contributed by atoms with Crippen LogP contribution in [0, 0.1) is 5.92 Å². The van der Waals surface area contributed by atoms with Crippen LogP contribution < -0.4 is 5.73 Å². The van der Waals surface area contributed by atoms with Crippen molar-refractivity contribution in [1.29, 1.82) is 0 Å². The van der Waals surface area contributed by atoms with Crippen LogP contribution >= 0.6 is 0 Å². The maximum absolute atomic E-state index is 11.8. The topological polar surface area (TPSA) is 49.6 Å². The van der Waals surface area contributed by atoms with Gasteiger partial charge in [0, 0.05) is 32.2 Å². The van der Waals surface area contributed by atoms with Gasteiger partial charge in [0.15, 0.2) is 0 Å². The monoisotopic (exact) mass is 213 g/mol. The number of amides is 1. The minimum atomic E-state index is 0.186. The summed E-state index contributed by atoms with van der Waals surface area (Å²) < 4.78 is 0. The van der Waals surface area contributed by atoms with E-state index in [0.29, 0.717) is 12.5 Å². The van der Waals surface area contributed by atoms with E-state index in [1.807, 2.05) is 20.9 Å². The van der Waals surface area contributed by atoms with Crippen molar-refractivity contribution in [3.05, 3.63) is 0 Å². The van der Waals surface area contributed by atoms with E-state index in [4.69, 9.17) is 5.73 Å². The Morgan fingerprint density at radius 2 is 2.13 bits per heavy atom. The van der Waals surface area contributed by atoms with Crippen LogP contribution in [0.4, 0.5) is 0 Å². The van der Waals surface area contributed by atoms with Crippen LogP contribution in [-0.2, 0) is 4.79 Å². The van der Waals surface area contributed by atoms with E-state index in [1.165, 1.54) is 0 Å². The Labute approximate surface area is 92.4 Å². The van der Waals surface area contributed by atoms with E-state index < -0.39 is 0 Å². The molecule has 1 saturated heterocycles. The highest BCUT2D eigenvalue weighted by Crippen LogP contribution is 2.14. The molecule has 2 N–H and O–H groups in total. The SMILES string of the molecule is CC1CN(CC(=O)N(C)C(C)C)CC1N. The van der Waals surface area contributed by atoms with Gasteiger partial charge in [-0.1, -0.05) is 6.92 Å². The lowest BCUT2D eigenvalue weighted by Crippen LogP contribution is -2.41. The second kappa shape index (κ2) is 4.94. The smallest absolute Gasteiger partial charge is 0.236 e. The molecule has 0 aromatic carbocycles. The van der Waals surface area contributed by atoms with Gasteiger partial charge in [-0.2, -0.15) is 0 Å². The second-order valence-electron chi connectivity index (χ2n) is 4.93. The van der Waals surface area contributed by atoms with Crippen LogP contribution in [0.3, 0.4) is 0 Å². The first-order valence-electron chi connectivity index (χ1n) is 5.65. The number of hydrogen-bond donors (Lipinski definition) is 1. The molecule has 1 aliphatic heterocycles. The van der Waals surface area contributed by atoms with Gasteiger partial charge in [-0.25, -0.2) is 0 Å². The van der Waals surface area contributed by atoms with Gasteiger partial charge in [-0.3, -0.25) is 9.69 Å². The minimum absolute atomic E-state index is 0.186. The molecule has 88 valence electrons. The summed E-state index contributed by atoms with van der Waals surface area (Å²) >= 11 is 0. The zero-order valence-electron chi connectivity index (χ0n) is 10.2. The van der Waals surface area contributed by atoms with E-state index in [0.717, 1.165) is 13.1 Å². The molecule has 0 bridgehead atoms. The molecule has 1 heterocycles. The van der Waals surface area contributed by atoms with Gasteiger partial charge < -0.3 is 10.6 Å². The molecule has 1 aliphatic rings. The van der Waals surface area contributed by atoms with E-state index in [2.05, 4.69) is 11.8 Å². The summed E-state index contributed by atoms with van der Waals surface area (Å²) in [5.74, 6) is 0.688. The zero-order valence-corrected chi connectivity index (χ0v) is 10.2. The van der Waals surface area contributed by atoms with Crippen LogP contribution in [-0.4, -0.2) is 54.5 Å². The largest absolute Gasteiger partial charge is 0.342 e. The summed E-state index contributed by atoms with van der Waals surface area (Å²) in [5, 5.41) is 0. The minimum Gasteiger partial charge on any atom is -0.342 e. The number of likely N-dealkylation sites (tertiary alicyclic amines) is 1. The maximum atomic E-state index is 11.8. The number of carbonyl (C=O) groups excluding carboxylic acids is 1. The fourth-order valence-electron chi connectivity index (χ4n) is 1.82. The first-order valence-corrected chi connectivity index (χ1v) is 5.65. The number of nitrogens with two attached hydrogens (primary N) is 1. The van der Waals surface area contributed by atoms with Gasteiger partial charge in [0.2, 0.25) is 5.91 Å². The van der Waals surface area contributed by atoms with Crippen LogP contribution in [0.2, 0.25) is 0 Å². The lowest BCUT2D eigenvalue weighted by atomic mass is 10.1. The normalized spacial score (nSPS) is 27.3. The number of nitrogens with zero attached hydrogens (tertiary/aromatic N) is 2. The highest BCUT2D eigenvalue weighted by Gasteiger charge is 2.28. The van der Waals surface area contributed by atoms with E-state index in [-0.39, 0.29) is 18.0 Å². The molecule has 0 saturated carbocycles. The van der Waals surface area contributed by atoms with E-state index >= 15 is 0 Å². The molecule has 1 amide bonds. The molecule has 15 heavy (non-hydrogen) atoms. The summed E-state index contributed by atoms with van der Waals surface area (Å²) in [6, 6.07) is 0.494. The molecule has 0 aromatic heterocycles. The fraction of sp³-hybridized carbons (Fsp3) is 0.909. The zero-order chi connectivity index (χ0) is 11.6. The molecule has 0 spiro atoms. The van der Waals surface area contributed by atoms with Gasteiger partial charge in [-0.05, 0) is 19.8 Å². The van der Waals surface area contributed by atoms with Gasteiger partial charge >= 0.3 is 0 Å². The van der Waals surface area contributed by atoms with Crippen molar-refractivity contribution in [1.82, 2.24) is 9.80 Å². The molecule has 2 unspecified atom stereocenters. The third-order valence-corrected chi connectivity index (χ3v) is 3.27. The van der Waals surface area contributed by atoms with Crippen LogP contribution in [0.1, 0.15) is 20.8 Å². The molecule has 0 radical (unpaired) electrons. The lowest BCUT2D eigenvalue weighted by Gasteiger charge is -2.24. The van der Waals surface area contributed by atoms with Crippen molar-refractivity contribution in [3.63, 3.8) is 0 Å². The Morgan fingerprint density at radius 1 is 1.53 bits per heavy atom. The van der Waals surface area contributed by atoms with Gasteiger partial charge in [0.25, 0.3) is 0 Å². The first kappa shape index (κ1) is 12.5. The third kappa shape index (κ3) is 3.18. The van der Waals surface area contributed by atoms with Crippen molar-refractivity contribution >= 4 is 5.91 Å². The van der Waals surface area contributed by atoms with Gasteiger partial charge in [0.1, 0.15) is 0 Å². The number of rotatable bonds is 3. The predicted molar refractivity (Wildman–Crippen MR) is 61.5 cm³/mol. The summed E-state index contributed by atoms with van der Waals surface area (Å²) in [7, 11) is 1.85. The lowest BCUT2D eigenvalue weighted by molar-refractivity contribution is -0.132. The highest BCUT2D eigenvalue weighted by atomic mass is 16.2. The fourth-order valence-corrected chi connectivity index (χ4v) is 1.82. The molecule has 2 atom stereocenters. The van der Waals surface area contributed by atoms with Gasteiger partial charge in [-0.15, -0.1) is 0 Å². The summed E-state index contributed by atoms with van der Waals surface area (Å²) in [6.45, 7) is 8.48. The first-order chi connectivity index (χ1) is 6.91. The van der Waals surface area contributed by atoms with Crippen LogP contribution in [0.25, 0.3) is 0 Å². The van der Waals surface area contributed by atoms with Crippen LogP contribution in [0.15, 0.2) is 0 Å². The molecule has 1 fully saturated rings. The molecule has 4 heteroatoms. The van der Waals surface area contributed by atoms with Crippen molar-refractivity contribution in [2.24, 2.45) is 11.7 Å². The Hall–Kier alpha value is -0.610. The maximum Gasteiger partial charge on any atom is 0.236 e. The molecule has 4 nitrogen and oxygen atoms in total. The Kier molecular flexibility index (Phi) is 4.11. The number of likely N-dealkylation sites (N-methyl/N-ethyl adjacent to an activating group) is 1. The molecular weight excluding hydrogens is 190 g/mol. The standard InChI is InChI=1S/C11H23N3O/c1-8(2)13(4)11(15)7-14-5-9(3)10(12)6-14/h8-10H,5-7,12H2,1-4H3. The predicted octanol–water partition coefficient (Wildman–Crippen LogP) is 0.132. The van der Waals surface area contributed by atoms with E-state index in [1.54, 1.807) is 4.90 Å². The summed E-state index contributed by atoms with van der Waals surface area (Å²) in [4.78, 5) is 15.7. The molecule has 0 aromatic rings. The third-order valence-electron chi connectivity index (χ3n) is 3.27. The van der Waals surface area contributed by atoms with Gasteiger partial charge in [0.05, 0.1) is 6.54 Å². The Morgan fingerprint density at radius 3 is 2.53 bits per heavy atom. The average molecular weight is 213 g/mol. The second-order valence-corrected chi connectivity index (χ2v) is 4.93. The van der Waals surface area contributed by atoms with Crippen molar-refractivity contribution in [2.45, 2.75) is 32.9 Å². The summed E-state index contributed by atoms with van der Waals surface area (Å²) in [5.41, 5.74) is 5.91. The summed E-state index contributed by atoms with van der Waals surface area (Å²) in [6.07, 6.45) is 0. The van der Waals surface area contributed by atoms with Crippen molar-refractivity contribution in [3.8, 4) is 0 Å². The Balaban J connectivity index is 2.40. The Bertz CT molecular complexity index is 220. The highest BCUT2D eigenvalue weighted by molar-refractivity contribution is 5.78. The van der Waals surface area contributed by atoms with Crippen molar-refractivity contribution in [2.75, 3.05) is 26.7 Å². The van der Waals surface area contributed by atoms with E-state index in [9.17, 15) is 4.79 Å². The molecule has 1 rings (SSSR count). The molecular formula is C11H23N3O. The quantitative estimate of drug-likeness (QED) is 0.725.